The summed E-state index contributed by atoms with van der Waals surface area (Å²) in [4.78, 5) is 18.3. The van der Waals surface area contributed by atoms with Crippen LogP contribution in [0, 0.1) is 5.92 Å². The molecule has 1 aromatic heterocycles. The van der Waals surface area contributed by atoms with Gasteiger partial charge in [-0.15, -0.1) is 11.8 Å². The number of carbonyl (C=O) groups excluding carboxylic acids is 1. The van der Waals surface area contributed by atoms with Gasteiger partial charge in [-0.05, 0) is 84.5 Å². The predicted octanol–water partition coefficient (Wildman–Crippen LogP) is 9.13. The standard InChI is InChI=1S/C38H47N3O4S/c1-5-7-21-43-22-23-44-35-14-8-30(9-15-35)31-10-18-37(45-26-29(3)4)32(24-31)11-19-38(42)40-33-12-16-36(17-13-33)46-27-34-25-39-28-41(34)20-6-2/h8-19,24-25,28-29H,5-7,20-23,26-27H2,1-4H3,(H,40,42)/b19-11+. The number of hydrogen-bond donors (Lipinski definition) is 1. The highest BCUT2D eigenvalue weighted by Gasteiger charge is 2.09. The van der Waals surface area contributed by atoms with E-state index in [4.69, 9.17) is 14.2 Å². The van der Waals surface area contributed by atoms with Gasteiger partial charge in [0.2, 0.25) is 5.91 Å². The third-order valence-electron chi connectivity index (χ3n) is 7.09. The van der Waals surface area contributed by atoms with Crippen LogP contribution in [0.5, 0.6) is 11.5 Å². The fraction of sp³-hybridized carbons (Fsp3) is 0.368. The number of aromatic nitrogens is 2. The molecule has 4 aromatic rings. The molecule has 8 heteroatoms. The second-order valence-corrected chi connectivity index (χ2v) is 12.6. The fourth-order valence-electron chi connectivity index (χ4n) is 4.61. The summed E-state index contributed by atoms with van der Waals surface area (Å²) in [6.07, 6.45) is 10.5. The van der Waals surface area contributed by atoms with Crippen LogP contribution < -0.4 is 14.8 Å². The van der Waals surface area contributed by atoms with Crippen LogP contribution in [0.3, 0.4) is 0 Å². The summed E-state index contributed by atoms with van der Waals surface area (Å²) in [5, 5.41) is 2.98. The molecule has 46 heavy (non-hydrogen) atoms. The Morgan fingerprint density at radius 3 is 2.46 bits per heavy atom. The smallest absolute Gasteiger partial charge is 0.248 e. The highest BCUT2D eigenvalue weighted by atomic mass is 32.2. The van der Waals surface area contributed by atoms with Crippen LogP contribution in [-0.2, 0) is 21.8 Å². The zero-order chi connectivity index (χ0) is 32.6. The average molecular weight is 642 g/mol. The molecule has 3 aromatic carbocycles. The molecule has 0 aliphatic carbocycles. The van der Waals surface area contributed by atoms with E-state index in [1.165, 1.54) is 5.69 Å². The van der Waals surface area contributed by atoms with Gasteiger partial charge in [0, 0.05) is 53.0 Å². The number of nitrogens with one attached hydrogen (secondary N) is 1. The van der Waals surface area contributed by atoms with Gasteiger partial charge in [0.05, 0.1) is 19.5 Å². The summed E-state index contributed by atoms with van der Waals surface area (Å²) in [7, 11) is 0. The summed E-state index contributed by atoms with van der Waals surface area (Å²) in [6.45, 7) is 12.0. The highest BCUT2D eigenvalue weighted by molar-refractivity contribution is 7.98. The van der Waals surface area contributed by atoms with Crippen LogP contribution in [-0.4, -0.2) is 41.9 Å². The van der Waals surface area contributed by atoms with Crippen molar-refractivity contribution in [3.05, 3.63) is 96.6 Å². The van der Waals surface area contributed by atoms with Crippen molar-refractivity contribution in [3.63, 3.8) is 0 Å². The van der Waals surface area contributed by atoms with Crippen molar-refractivity contribution >= 4 is 29.4 Å². The van der Waals surface area contributed by atoms with E-state index in [0.29, 0.717) is 25.7 Å². The molecule has 1 heterocycles. The van der Waals surface area contributed by atoms with Crippen LogP contribution >= 0.6 is 11.8 Å². The summed E-state index contributed by atoms with van der Waals surface area (Å²) in [5.41, 5.74) is 4.87. The Labute approximate surface area is 278 Å². The third kappa shape index (κ3) is 11.4. The van der Waals surface area contributed by atoms with Gasteiger partial charge >= 0.3 is 0 Å². The molecule has 4 rings (SSSR count). The number of thioether (sulfide) groups is 1. The molecule has 0 saturated carbocycles. The number of amides is 1. The van der Waals surface area contributed by atoms with Crippen LogP contribution in [0.1, 0.15) is 58.2 Å². The fourth-order valence-corrected chi connectivity index (χ4v) is 5.49. The molecule has 0 radical (unpaired) electrons. The van der Waals surface area contributed by atoms with Crippen LogP contribution in [0.4, 0.5) is 5.69 Å². The number of aryl methyl sites for hydroxylation is 1. The first-order chi connectivity index (χ1) is 22.4. The molecule has 244 valence electrons. The van der Waals surface area contributed by atoms with E-state index < -0.39 is 0 Å². The minimum Gasteiger partial charge on any atom is -0.493 e. The van der Waals surface area contributed by atoms with E-state index in [1.54, 1.807) is 17.8 Å². The lowest BCUT2D eigenvalue weighted by atomic mass is 10.0. The van der Waals surface area contributed by atoms with E-state index in [9.17, 15) is 4.79 Å². The molecule has 0 aliphatic rings. The molecular weight excluding hydrogens is 595 g/mol. The van der Waals surface area contributed by atoms with Crippen molar-refractivity contribution in [3.8, 4) is 22.6 Å². The van der Waals surface area contributed by atoms with Gasteiger partial charge in [-0.2, -0.15) is 0 Å². The molecule has 7 nitrogen and oxygen atoms in total. The Balaban J connectivity index is 1.37. The second kappa shape index (κ2) is 18.8. The maximum atomic E-state index is 12.9. The number of carbonyl (C=O) groups is 1. The number of hydrogen-bond acceptors (Lipinski definition) is 6. The Bertz CT molecular complexity index is 1510. The molecule has 1 amide bonds. The Hall–Kier alpha value is -4.01. The van der Waals surface area contributed by atoms with Gasteiger partial charge in [0.15, 0.2) is 0 Å². The van der Waals surface area contributed by atoms with Gasteiger partial charge in [-0.3, -0.25) is 4.79 Å². The number of imidazole rings is 1. The van der Waals surface area contributed by atoms with Crippen molar-refractivity contribution in [1.29, 1.82) is 0 Å². The molecule has 0 saturated heterocycles. The molecule has 1 N–H and O–H groups in total. The lowest BCUT2D eigenvalue weighted by Crippen LogP contribution is -2.08. The predicted molar refractivity (Wildman–Crippen MR) is 190 cm³/mol. The quantitative estimate of drug-likeness (QED) is 0.0625. The SMILES string of the molecule is CCCCOCCOc1ccc(-c2ccc(OCC(C)C)c(/C=C/C(=O)Nc3ccc(SCc4cncn4CCC)cc3)c2)cc1. The number of nitrogens with zero attached hydrogens (tertiary/aromatic N) is 2. The van der Waals surface area contributed by atoms with Gasteiger partial charge in [-0.1, -0.05) is 52.3 Å². The summed E-state index contributed by atoms with van der Waals surface area (Å²) >= 11 is 1.75. The van der Waals surface area contributed by atoms with Crippen molar-refractivity contribution in [2.45, 2.75) is 64.2 Å². The van der Waals surface area contributed by atoms with Gasteiger partial charge in [0.1, 0.15) is 18.1 Å². The Morgan fingerprint density at radius 1 is 0.935 bits per heavy atom. The minimum absolute atomic E-state index is 0.204. The van der Waals surface area contributed by atoms with Crippen molar-refractivity contribution in [1.82, 2.24) is 9.55 Å². The maximum Gasteiger partial charge on any atom is 0.248 e. The van der Waals surface area contributed by atoms with Crippen LogP contribution in [0.2, 0.25) is 0 Å². The maximum absolute atomic E-state index is 12.9. The first-order valence-electron chi connectivity index (χ1n) is 16.2. The van der Waals surface area contributed by atoms with Crippen LogP contribution in [0.25, 0.3) is 17.2 Å². The van der Waals surface area contributed by atoms with Crippen LogP contribution in [0.15, 0.2) is 90.2 Å². The molecule has 0 aliphatic heterocycles. The molecule has 0 fully saturated rings. The van der Waals surface area contributed by atoms with Gasteiger partial charge in [-0.25, -0.2) is 4.98 Å². The number of rotatable bonds is 19. The first-order valence-corrected chi connectivity index (χ1v) is 17.2. The van der Waals surface area contributed by atoms with Crippen molar-refractivity contribution in [2.75, 3.05) is 31.7 Å². The lowest BCUT2D eigenvalue weighted by Gasteiger charge is -2.13. The number of ether oxygens (including phenoxy) is 3. The summed E-state index contributed by atoms with van der Waals surface area (Å²) < 4.78 is 19.7. The van der Waals surface area contributed by atoms with Gasteiger partial charge < -0.3 is 24.1 Å². The normalized spacial score (nSPS) is 11.3. The van der Waals surface area contributed by atoms with E-state index >= 15 is 0 Å². The molecule has 0 spiro atoms. The van der Waals surface area contributed by atoms with Crippen molar-refractivity contribution < 1.29 is 19.0 Å². The third-order valence-corrected chi connectivity index (χ3v) is 8.14. The molecular formula is C38H47N3O4S. The summed E-state index contributed by atoms with van der Waals surface area (Å²) in [5.74, 6) is 2.57. The Morgan fingerprint density at radius 2 is 1.72 bits per heavy atom. The molecule has 0 bridgehead atoms. The topological polar surface area (TPSA) is 74.6 Å². The second-order valence-electron chi connectivity index (χ2n) is 11.5. The van der Waals surface area contributed by atoms with Gasteiger partial charge in [0.25, 0.3) is 0 Å². The van der Waals surface area contributed by atoms with E-state index in [1.807, 2.05) is 79.3 Å². The minimum atomic E-state index is -0.204. The Kier molecular flexibility index (Phi) is 14.3. The van der Waals surface area contributed by atoms with E-state index in [0.717, 1.165) is 76.9 Å². The number of benzene rings is 3. The highest BCUT2D eigenvalue weighted by Crippen LogP contribution is 2.30. The first kappa shape index (κ1) is 34.9. The summed E-state index contributed by atoms with van der Waals surface area (Å²) in [6, 6.07) is 22.0. The number of unbranched alkanes of at least 4 members (excludes halogenated alkanes) is 1. The molecule has 0 unspecified atom stereocenters. The number of anilines is 1. The van der Waals surface area contributed by atoms with E-state index in [-0.39, 0.29) is 5.91 Å². The van der Waals surface area contributed by atoms with E-state index in [2.05, 4.69) is 48.6 Å². The van der Waals surface area contributed by atoms with Crippen molar-refractivity contribution in [2.24, 2.45) is 5.92 Å². The average Bonchev–Trinajstić information content (AvgIpc) is 3.51. The lowest BCUT2D eigenvalue weighted by molar-refractivity contribution is -0.111. The largest absolute Gasteiger partial charge is 0.493 e. The zero-order valence-electron chi connectivity index (χ0n) is 27.5. The molecule has 0 atom stereocenters. The zero-order valence-corrected chi connectivity index (χ0v) is 28.4. The monoisotopic (exact) mass is 641 g/mol.